The SMILES string of the molecule is CC1CCC(C2CCC(C(=O)OC3=CC=C(F)C=C=C3)CC2)CC1. The Morgan fingerprint density at radius 2 is 1.62 bits per heavy atom. The molecule has 0 bridgehead atoms. The summed E-state index contributed by atoms with van der Waals surface area (Å²) in [4.78, 5) is 12.4. The van der Waals surface area contributed by atoms with Crippen molar-refractivity contribution in [1.82, 2.24) is 0 Å². The van der Waals surface area contributed by atoms with Gasteiger partial charge in [-0.1, -0.05) is 19.8 Å². The third-order valence-corrected chi connectivity index (χ3v) is 5.90. The van der Waals surface area contributed by atoms with Gasteiger partial charge in [-0.2, -0.15) is 0 Å². The second-order valence-corrected chi connectivity index (χ2v) is 7.63. The van der Waals surface area contributed by atoms with Crippen molar-refractivity contribution in [2.75, 3.05) is 0 Å². The van der Waals surface area contributed by atoms with E-state index in [1.165, 1.54) is 50.0 Å². The van der Waals surface area contributed by atoms with Crippen LogP contribution in [0.1, 0.15) is 58.3 Å². The first-order chi connectivity index (χ1) is 11.6. The van der Waals surface area contributed by atoms with Crippen LogP contribution in [0.4, 0.5) is 4.39 Å². The molecular weight excluding hydrogens is 303 g/mol. The predicted octanol–water partition coefficient (Wildman–Crippen LogP) is 5.62. The summed E-state index contributed by atoms with van der Waals surface area (Å²) >= 11 is 0. The zero-order chi connectivity index (χ0) is 16.9. The number of rotatable bonds is 3. The maximum Gasteiger partial charge on any atom is 0.314 e. The molecule has 130 valence electrons. The molecule has 0 spiro atoms. The molecule has 3 aliphatic carbocycles. The second-order valence-electron chi connectivity index (χ2n) is 7.63. The van der Waals surface area contributed by atoms with Crippen LogP contribution in [0.25, 0.3) is 0 Å². The quantitative estimate of drug-likeness (QED) is 0.495. The molecule has 0 radical (unpaired) electrons. The van der Waals surface area contributed by atoms with Crippen molar-refractivity contribution in [3.05, 3.63) is 41.6 Å². The van der Waals surface area contributed by atoms with Gasteiger partial charge in [-0.05, 0) is 68.4 Å². The van der Waals surface area contributed by atoms with Crippen molar-refractivity contribution in [1.29, 1.82) is 0 Å². The number of carbonyl (C=O) groups is 1. The lowest BCUT2D eigenvalue weighted by Gasteiger charge is -2.36. The molecular formula is C21H27FO2. The third-order valence-electron chi connectivity index (χ3n) is 5.90. The molecule has 2 fully saturated rings. The summed E-state index contributed by atoms with van der Waals surface area (Å²) in [6.45, 7) is 2.36. The number of halogens is 1. The van der Waals surface area contributed by atoms with E-state index in [2.05, 4.69) is 12.7 Å². The minimum Gasteiger partial charge on any atom is -0.426 e. The average Bonchev–Trinajstić information content (AvgIpc) is 2.80. The fourth-order valence-electron chi connectivity index (χ4n) is 4.31. The zero-order valence-electron chi connectivity index (χ0n) is 14.5. The molecule has 0 atom stereocenters. The molecule has 0 aromatic carbocycles. The number of carbonyl (C=O) groups excluding carboxylic acids is 1. The van der Waals surface area contributed by atoms with Gasteiger partial charge in [0.05, 0.1) is 5.92 Å². The third kappa shape index (κ3) is 4.48. The van der Waals surface area contributed by atoms with Gasteiger partial charge in [0.1, 0.15) is 11.6 Å². The molecule has 2 saturated carbocycles. The number of hydrogen-bond acceptors (Lipinski definition) is 2. The Morgan fingerprint density at radius 1 is 1.00 bits per heavy atom. The summed E-state index contributed by atoms with van der Waals surface area (Å²) in [5, 5.41) is 0. The number of esters is 1. The Kier molecular flexibility index (Phi) is 5.73. The largest absolute Gasteiger partial charge is 0.426 e. The molecule has 3 rings (SSSR count). The molecule has 0 saturated heterocycles. The van der Waals surface area contributed by atoms with Crippen LogP contribution in [0.5, 0.6) is 0 Å². The van der Waals surface area contributed by atoms with Gasteiger partial charge < -0.3 is 4.74 Å². The summed E-state index contributed by atoms with van der Waals surface area (Å²) in [6.07, 6.45) is 15.1. The molecule has 0 unspecified atom stereocenters. The smallest absolute Gasteiger partial charge is 0.314 e. The van der Waals surface area contributed by atoms with Crippen molar-refractivity contribution in [2.24, 2.45) is 23.7 Å². The summed E-state index contributed by atoms with van der Waals surface area (Å²) in [7, 11) is 0. The number of ether oxygens (including phenoxy) is 1. The highest BCUT2D eigenvalue weighted by atomic mass is 19.1. The summed E-state index contributed by atoms with van der Waals surface area (Å²) in [5.74, 6) is 2.33. The zero-order valence-corrected chi connectivity index (χ0v) is 14.5. The Balaban J connectivity index is 1.48. The van der Waals surface area contributed by atoms with Crippen LogP contribution >= 0.6 is 0 Å². The maximum atomic E-state index is 13.1. The average molecular weight is 330 g/mol. The minimum atomic E-state index is -0.389. The number of hydrogen-bond donors (Lipinski definition) is 0. The fourth-order valence-corrected chi connectivity index (χ4v) is 4.31. The standard InChI is InChI=1S/C21H27FO2/c1-15-5-7-16(8-6-15)17-9-11-18(12-10-17)21(23)24-20-4-2-3-19(22)13-14-20/h3-4,13-18H,5-12H2,1H3. The van der Waals surface area contributed by atoms with Crippen molar-refractivity contribution < 1.29 is 13.9 Å². The lowest BCUT2D eigenvalue weighted by molar-refractivity contribution is -0.145. The van der Waals surface area contributed by atoms with Gasteiger partial charge in [-0.15, -0.1) is 5.73 Å². The summed E-state index contributed by atoms with van der Waals surface area (Å²) in [5.41, 5.74) is 2.67. The molecule has 24 heavy (non-hydrogen) atoms. The van der Waals surface area contributed by atoms with Gasteiger partial charge in [0.15, 0.2) is 0 Å². The first kappa shape index (κ1) is 17.2. The molecule has 0 N–H and O–H groups in total. The predicted molar refractivity (Wildman–Crippen MR) is 92.6 cm³/mol. The van der Waals surface area contributed by atoms with Crippen LogP contribution in [0, 0.1) is 23.7 Å². The minimum absolute atomic E-state index is 0.0147. The van der Waals surface area contributed by atoms with Crippen molar-refractivity contribution >= 4 is 5.97 Å². The Morgan fingerprint density at radius 3 is 2.29 bits per heavy atom. The van der Waals surface area contributed by atoms with Gasteiger partial charge in [0.2, 0.25) is 0 Å². The highest BCUT2D eigenvalue weighted by Gasteiger charge is 2.33. The maximum absolute atomic E-state index is 13.1. The van der Waals surface area contributed by atoms with Crippen LogP contribution < -0.4 is 0 Å². The van der Waals surface area contributed by atoms with E-state index in [-0.39, 0.29) is 17.7 Å². The summed E-state index contributed by atoms with van der Waals surface area (Å²) in [6, 6.07) is 0. The van der Waals surface area contributed by atoms with Crippen LogP contribution in [-0.2, 0) is 9.53 Å². The van der Waals surface area contributed by atoms with E-state index in [4.69, 9.17) is 4.74 Å². The Hall–Kier alpha value is -1.60. The lowest BCUT2D eigenvalue weighted by Crippen LogP contribution is -2.28. The molecule has 3 heteroatoms. The van der Waals surface area contributed by atoms with Gasteiger partial charge in [-0.3, -0.25) is 4.79 Å². The van der Waals surface area contributed by atoms with Crippen LogP contribution in [0.2, 0.25) is 0 Å². The molecule has 0 heterocycles. The topological polar surface area (TPSA) is 26.3 Å². The van der Waals surface area contributed by atoms with Gasteiger partial charge in [0.25, 0.3) is 0 Å². The first-order valence-corrected chi connectivity index (χ1v) is 9.33. The number of allylic oxidation sites excluding steroid dienone is 4. The lowest BCUT2D eigenvalue weighted by atomic mass is 9.69. The van der Waals surface area contributed by atoms with Gasteiger partial charge in [0, 0.05) is 12.2 Å². The Labute approximate surface area is 144 Å². The van der Waals surface area contributed by atoms with Crippen LogP contribution in [-0.4, -0.2) is 5.97 Å². The van der Waals surface area contributed by atoms with Gasteiger partial charge >= 0.3 is 5.97 Å². The van der Waals surface area contributed by atoms with E-state index in [0.29, 0.717) is 5.76 Å². The molecule has 3 aliphatic rings. The van der Waals surface area contributed by atoms with Crippen LogP contribution in [0.3, 0.4) is 0 Å². The van der Waals surface area contributed by atoms with E-state index < -0.39 is 0 Å². The monoisotopic (exact) mass is 330 g/mol. The van der Waals surface area contributed by atoms with E-state index in [9.17, 15) is 9.18 Å². The van der Waals surface area contributed by atoms with Crippen molar-refractivity contribution in [2.45, 2.75) is 58.3 Å². The van der Waals surface area contributed by atoms with E-state index in [1.807, 2.05) is 0 Å². The first-order valence-electron chi connectivity index (χ1n) is 9.33. The molecule has 0 aromatic heterocycles. The summed E-state index contributed by atoms with van der Waals surface area (Å²) < 4.78 is 18.5. The second kappa shape index (κ2) is 7.98. The normalized spacial score (nSPS) is 33.4. The molecule has 0 aliphatic heterocycles. The fraction of sp³-hybridized carbons (Fsp3) is 0.619. The van der Waals surface area contributed by atoms with Gasteiger partial charge in [-0.25, -0.2) is 4.39 Å². The highest BCUT2D eigenvalue weighted by molar-refractivity contribution is 5.74. The van der Waals surface area contributed by atoms with Crippen LogP contribution in [0.15, 0.2) is 41.6 Å². The van der Waals surface area contributed by atoms with Crippen molar-refractivity contribution in [3.8, 4) is 0 Å². The molecule has 2 nitrogen and oxygen atoms in total. The van der Waals surface area contributed by atoms with Crippen molar-refractivity contribution in [3.63, 3.8) is 0 Å². The van der Waals surface area contributed by atoms with E-state index >= 15 is 0 Å². The Bertz CT molecular complexity index is 579. The molecule has 0 aromatic rings. The highest BCUT2D eigenvalue weighted by Crippen LogP contribution is 2.41. The van der Waals surface area contributed by atoms with E-state index in [1.54, 1.807) is 0 Å². The molecule has 0 amide bonds. The van der Waals surface area contributed by atoms with E-state index in [0.717, 1.165) is 43.4 Å².